The summed E-state index contributed by atoms with van der Waals surface area (Å²) < 4.78 is 11.4. The molecule has 1 amide bonds. The van der Waals surface area contributed by atoms with E-state index < -0.39 is 5.60 Å². The highest BCUT2D eigenvalue weighted by molar-refractivity contribution is 6.33. The zero-order valence-electron chi connectivity index (χ0n) is 13.3. The maximum absolute atomic E-state index is 12.4. The fraction of sp³-hybridized carbons (Fsp3) is 0.353. The molecule has 1 aliphatic rings. The van der Waals surface area contributed by atoms with Crippen LogP contribution in [0.2, 0.25) is 5.02 Å². The predicted octanol–water partition coefficient (Wildman–Crippen LogP) is 1.97. The minimum Gasteiger partial charge on any atom is -0.381 e. The predicted molar refractivity (Wildman–Crippen MR) is 89.0 cm³/mol. The number of carbonyl (C=O) groups is 1. The zero-order chi connectivity index (χ0) is 17.0. The first-order valence-electron chi connectivity index (χ1n) is 7.61. The lowest BCUT2D eigenvalue weighted by molar-refractivity contribution is -0.0997. The van der Waals surface area contributed by atoms with Crippen LogP contribution in [0, 0.1) is 0 Å². The first-order valence-corrected chi connectivity index (χ1v) is 7.99. The van der Waals surface area contributed by atoms with Gasteiger partial charge in [-0.15, -0.1) is 0 Å². The number of methoxy groups -OCH3 is 1. The van der Waals surface area contributed by atoms with Crippen LogP contribution in [0.5, 0.6) is 0 Å². The summed E-state index contributed by atoms with van der Waals surface area (Å²) in [5.74, 6) is -0.371. The summed E-state index contributed by atoms with van der Waals surface area (Å²) in [5.41, 5.74) is 1.66. The van der Waals surface area contributed by atoms with E-state index in [2.05, 4.69) is 21.4 Å². The largest absolute Gasteiger partial charge is 0.381 e. The Bertz CT molecular complexity index is 741. The molecule has 3 rings (SSSR count). The first-order chi connectivity index (χ1) is 11.7. The Labute approximate surface area is 145 Å². The van der Waals surface area contributed by atoms with Crippen LogP contribution in [-0.4, -0.2) is 42.7 Å². The molecule has 1 unspecified atom stereocenters. The van der Waals surface area contributed by atoms with Crippen LogP contribution >= 0.6 is 11.6 Å². The van der Waals surface area contributed by atoms with Gasteiger partial charge >= 0.3 is 0 Å². The standard InChI is InChI=1S/C17H18ClN3O3/c1-23-10-17(13-5-3-2-4-12(13)6-7-24-17)9-20-16(22)15-14(18)8-19-11-21-15/h2-5,8,11H,6-7,9-10H2,1H3,(H,20,22). The smallest absolute Gasteiger partial charge is 0.271 e. The van der Waals surface area contributed by atoms with Gasteiger partial charge in [0.1, 0.15) is 17.6 Å². The summed E-state index contributed by atoms with van der Waals surface area (Å²) in [4.78, 5) is 20.1. The number of hydrogen-bond acceptors (Lipinski definition) is 5. The van der Waals surface area contributed by atoms with Gasteiger partial charge in [0.05, 0.1) is 24.8 Å². The maximum atomic E-state index is 12.4. The van der Waals surface area contributed by atoms with Crippen LogP contribution in [-0.2, 0) is 21.5 Å². The van der Waals surface area contributed by atoms with E-state index in [0.717, 1.165) is 12.0 Å². The summed E-state index contributed by atoms with van der Waals surface area (Å²) in [5, 5.41) is 3.07. The highest BCUT2D eigenvalue weighted by atomic mass is 35.5. The number of amides is 1. The van der Waals surface area contributed by atoms with Crippen LogP contribution in [0.25, 0.3) is 0 Å². The number of carbonyl (C=O) groups excluding carboxylic acids is 1. The van der Waals surface area contributed by atoms with Gasteiger partial charge in [0.25, 0.3) is 5.91 Å². The zero-order valence-corrected chi connectivity index (χ0v) is 14.0. The molecule has 24 heavy (non-hydrogen) atoms. The van der Waals surface area contributed by atoms with Crippen LogP contribution in [0.1, 0.15) is 21.6 Å². The van der Waals surface area contributed by atoms with Crippen LogP contribution < -0.4 is 5.32 Å². The van der Waals surface area contributed by atoms with Gasteiger partial charge in [-0.3, -0.25) is 4.79 Å². The SMILES string of the molecule is COCC1(CNC(=O)c2ncncc2Cl)OCCc2ccccc21. The minimum atomic E-state index is -0.723. The summed E-state index contributed by atoms with van der Waals surface area (Å²) >= 11 is 5.98. The van der Waals surface area contributed by atoms with Crippen molar-refractivity contribution >= 4 is 17.5 Å². The lowest BCUT2D eigenvalue weighted by Crippen LogP contribution is -2.48. The third kappa shape index (κ3) is 3.26. The molecule has 0 saturated heterocycles. The van der Waals surface area contributed by atoms with E-state index in [1.54, 1.807) is 7.11 Å². The normalized spacial score (nSPS) is 19.6. The van der Waals surface area contributed by atoms with Crippen LogP contribution in [0.3, 0.4) is 0 Å². The molecule has 126 valence electrons. The molecule has 0 saturated carbocycles. The van der Waals surface area contributed by atoms with Crippen molar-refractivity contribution in [3.05, 3.63) is 58.6 Å². The monoisotopic (exact) mass is 347 g/mol. The average molecular weight is 348 g/mol. The Kier molecular flexibility index (Phi) is 5.08. The molecule has 6 nitrogen and oxygen atoms in total. The van der Waals surface area contributed by atoms with E-state index in [0.29, 0.717) is 13.2 Å². The topological polar surface area (TPSA) is 73.3 Å². The number of rotatable bonds is 5. The fourth-order valence-corrected chi connectivity index (χ4v) is 3.14. The van der Waals surface area contributed by atoms with Gasteiger partial charge in [0.2, 0.25) is 0 Å². The van der Waals surface area contributed by atoms with E-state index in [9.17, 15) is 4.79 Å². The van der Waals surface area contributed by atoms with Crippen molar-refractivity contribution in [2.24, 2.45) is 0 Å². The number of nitrogens with zero attached hydrogens (tertiary/aromatic N) is 2. The van der Waals surface area contributed by atoms with Crippen molar-refractivity contribution in [1.82, 2.24) is 15.3 Å². The molecule has 0 radical (unpaired) electrons. The lowest BCUT2D eigenvalue weighted by Gasteiger charge is -2.38. The second kappa shape index (κ2) is 7.25. The molecule has 7 heteroatoms. The van der Waals surface area contributed by atoms with E-state index >= 15 is 0 Å². The second-order valence-corrected chi connectivity index (χ2v) is 5.99. The Balaban J connectivity index is 1.83. The molecular formula is C17H18ClN3O3. The highest BCUT2D eigenvalue weighted by Crippen LogP contribution is 2.33. The Morgan fingerprint density at radius 2 is 2.29 bits per heavy atom. The first kappa shape index (κ1) is 16.8. The van der Waals surface area contributed by atoms with Gasteiger partial charge in [-0.1, -0.05) is 35.9 Å². The molecule has 1 atom stereocenters. The quantitative estimate of drug-likeness (QED) is 0.895. The van der Waals surface area contributed by atoms with E-state index in [4.69, 9.17) is 21.1 Å². The number of fused-ring (bicyclic) bond motifs is 1. The number of hydrogen-bond donors (Lipinski definition) is 1. The van der Waals surface area contributed by atoms with Crippen molar-refractivity contribution in [1.29, 1.82) is 0 Å². The molecule has 1 aliphatic heterocycles. The van der Waals surface area contributed by atoms with Crippen molar-refractivity contribution in [3.8, 4) is 0 Å². The molecule has 0 bridgehead atoms. The molecule has 0 fully saturated rings. The number of ether oxygens (including phenoxy) is 2. The molecular weight excluding hydrogens is 330 g/mol. The average Bonchev–Trinajstić information content (AvgIpc) is 2.61. The number of halogens is 1. The van der Waals surface area contributed by atoms with Gasteiger partial charge in [-0.2, -0.15) is 0 Å². The van der Waals surface area contributed by atoms with Gasteiger partial charge < -0.3 is 14.8 Å². The molecule has 1 N–H and O–H groups in total. The molecule has 2 heterocycles. The van der Waals surface area contributed by atoms with Gasteiger partial charge in [-0.05, 0) is 17.5 Å². The van der Waals surface area contributed by atoms with Gasteiger partial charge in [0, 0.05) is 13.3 Å². The van der Waals surface area contributed by atoms with Gasteiger partial charge in [-0.25, -0.2) is 9.97 Å². The summed E-state index contributed by atoms with van der Waals surface area (Å²) in [7, 11) is 1.62. The lowest BCUT2D eigenvalue weighted by atomic mass is 9.86. The molecule has 1 aromatic heterocycles. The Morgan fingerprint density at radius 1 is 1.46 bits per heavy atom. The fourth-order valence-electron chi connectivity index (χ4n) is 2.95. The van der Waals surface area contributed by atoms with E-state index in [1.807, 2.05) is 18.2 Å². The number of aromatic nitrogens is 2. The third-order valence-electron chi connectivity index (χ3n) is 4.05. The van der Waals surface area contributed by atoms with Crippen molar-refractivity contribution in [3.63, 3.8) is 0 Å². The highest BCUT2D eigenvalue weighted by Gasteiger charge is 2.38. The van der Waals surface area contributed by atoms with Crippen LogP contribution in [0.4, 0.5) is 0 Å². The van der Waals surface area contributed by atoms with Crippen molar-refractivity contribution in [2.45, 2.75) is 12.0 Å². The number of benzene rings is 1. The molecule has 0 spiro atoms. The molecule has 1 aromatic carbocycles. The maximum Gasteiger partial charge on any atom is 0.271 e. The third-order valence-corrected chi connectivity index (χ3v) is 4.33. The van der Waals surface area contributed by atoms with Crippen LogP contribution in [0.15, 0.2) is 36.8 Å². The molecule has 0 aliphatic carbocycles. The van der Waals surface area contributed by atoms with Crippen molar-refractivity contribution < 1.29 is 14.3 Å². The summed E-state index contributed by atoms with van der Waals surface area (Å²) in [6, 6.07) is 8.05. The number of nitrogens with one attached hydrogen (secondary N) is 1. The summed E-state index contributed by atoms with van der Waals surface area (Å²) in [6.45, 7) is 1.17. The van der Waals surface area contributed by atoms with E-state index in [-0.39, 0.29) is 23.2 Å². The second-order valence-electron chi connectivity index (χ2n) is 5.58. The summed E-state index contributed by atoms with van der Waals surface area (Å²) in [6.07, 6.45) is 3.52. The Morgan fingerprint density at radius 3 is 3.08 bits per heavy atom. The van der Waals surface area contributed by atoms with Gasteiger partial charge in [0.15, 0.2) is 0 Å². The van der Waals surface area contributed by atoms with Crippen molar-refractivity contribution in [2.75, 3.05) is 26.9 Å². The Hall–Kier alpha value is -2.02. The minimum absolute atomic E-state index is 0.142. The molecule has 2 aromatic rings. The van der Waals surface area contributed by atoms with E-state index in [1.165, 1.54) is 18.1 Å².